The van der Waals surface area contributed by atoms with Gasteiger partial charge in [0.05, 0.1) is 44.1 Å². The summed E-state index contributed by atoms with van der Waals surface area (Å²) in [6.45, 7) is 0. The van der Waals surface area contributed by atoms with Crippen molar-refractivity contribution in [3.05, 3.63) is 388 Å². The van der Waals surface area contributed by atoms with E-state index in [9.17, 15) is 0 Å². The molecule has 0 amide bonds. The molecule has 0 aliphatic heterocycles. The van der Waals surface area contributed by atoms with Crippen molar-refractivity contribution >= 4 is 182 Å². The molecule has 25 aromatic rings. The van der Waals surface area contributed by atoms with Crippen LogP contribution in [0.5, 0.6) is 0 Å². The molecule has 0 unspecified atom stereocenters. The predicted molar refractivity (Wildman–Crippen MR) is 495 cm³/mol. The van der Waals surface area contributed by atoms with Gasteiger partial charge in [0.15, 0.2) is 0 Å². The molecule has 0 N–H and O–H groups in total. The summed E-state index contributed by atoms with van der Waals surface area (Å²) < 4.78 is 17.6. The van der Waals surface area contributed by atoms with Gasteiger partial charge in [0.25, 0.3) is 0 Å². The van der Waals surface area contributed by atoms with Crippen LogP contribution in [0.4, 0.5) is 0 Å². The molecular formula is C108H64N4S3. The maximum Gasteiger partial charge on any atom is 0.0541 e. The number of thiophene rings is 3. The highest BCUT2D eigenvalue weighted by Crippen LogP contribution is 2.49. The molecule has 0 saturated carbocycles. The first kappa shape index (κ1) is 64.5. The van der Waals surface area contributed by atoms with E-state index in [1.165, 1.54) is 176 Å². The molecule has 0 fully saturated rings. The average Bonchev–Trinajstić information content (AvgIpc) is 1.60. The molecule has 18 aromatic carbocycles. The molecule has 0 aliphatic carbocycles. The fraction of sp³-hybridized carbons (Fsp3) is 0. The van der Waals surface area contributed by atoms with Crippen LogP contribution in [0.15, 0.2) is 388 Å². The number of hydrogen-bond donors (Lipinski definition) is 0. The summed E-state index contributed by atoms with van der Waals surface area (Å²) >= 11 is 5.62. The molecule has 0 radical (unpaired) electrons. The van der Waals surface area contributed by atoms with Gasteiger partial charge >= 0.3 is 0 Å². The number of hydrogen-bond acceptors (Lipinski definition) is 3. The van der Waals surface area contributed by atoms with Crippen LogP contribution in [0.25, 0.3) is 237 Å². The van der Waals surface area contributed by atoms with Gasteiger partial charge in [0.2, 0.25) is 0 Å². The Morgan fingerprint density at radius 2 is 0.426 bits per heavy atom. The van der Waals surface area contributed by atoms with Crippen molar-refractivity contribution in [2.24, 2.45) is 0 Å². The molecule has 4 nitrogen and oxygen atoms in total. The van der Waals surface area contributed by atoms with Gasteiger partial charge in [-0.1, -0.05) is 231 Å². The van der Waals surface area contributed by atoms with Gasteiger partial charge in [0.1, 0.15) is 0 Å². The van der Waals surface area contributed by atoms with Crippen LogP contribution in [0.3, 0.4) is 0 Å². The third-order valence-electron chi connectivity index (χ3n) is 24.4. The minimum atomic E-state index is 1.09. The zero-order valence-corrected chi connectivity index (χ0v) is 64.4. The van der Waals surface area contributed by atoms with E-state index in [1.54, 1.807) is 0 Å². The molecule has 0 bridgehead atoms. The number of fused-ring (bicyclic) bond motifs is 21. The molecule has 0 atom stereocenters. The molecule has 7 aromatic heterocycles. The topological polar surface area (TPSA) is 19.7 Å². The molecule has 0 aliphatic rings. The van der Waals surface area contributed by atoms with E-state index >= 15 is 0 Å². The third-order valence-corrected chi connectivity index (χ3v) is 27.9. The molecule has 7 heterocycles. The van der Waals surface area contributed by atoms with Crippen LogP contribution in [0, 0.1) is 0 Å². The molecule has 25 rings (SSSR count). The molecule has 7 heteroatoms. The summed E-state index contributed by atoms with van der Waals surface area (Å²) in [7, 11) is 0. The van der Waals surface area contributed by atoms with Crippen molar-refractivity contribution in [2.75, 3.05) is 0 Å². The lowest BCUT2D eigenvalue weighted by molar-refractivity contribution is 1.18. The van der Waals surface area contributed by atoms with E-state index in [-0.39, 0.29) is 0 Å². The SMILES string of the molecule is c1cc(-c2ccc3sc4ccccc4c3c2)cc(-c2cc(-n3c4ccccc4c4cc(-c5ccc6c(c5)c5ccccc5n6-c5ccc6sc7ccc(-n8c9ccccc9c9ccccc98)cc7c6c5)ccc43)ccc2-c2ccc(-n3c4ccccc4c4ccccc43)cc2-c2cccc(-c3cccc4c3sc3ccccc34)c2)c1. The second kappa shape index (κ2) is 25.2. The average molecular weight is 1510 g/mol. The molecule has 0 saturated heterocycles. The van der Waals surface area contributed by atoms with E-state index in [0.717, 1.165) is 61.5 Å². The highest BCUT2D eigenvalue weighted by molar-refractivity contribution is 7.27. The first-order chi connectivity index (χ1) is 57.0. The van der Waals surface area contributed by atoms with Crippen LogP contribution in [-0.4, -0.2) is 18.3 Å². The minimum Gasteiger partial charge on any atom is -0.309 e. The van der Waals surface area contributed by atoms with Gasteiger partial charge in [0, 0.05) is 126 Å². The van der Waals surface area contributed by atoms with Gasteiger partial charge in [-0.05, 0) is 224 Å². The number of nitrogens with zero attached hydrogens (tertiary/aromatic N) is 4. The Morgan fingerprint density at radius 1 is 0.139 bits per heavy atom. The maximum absolute atomic E-state index is 2.50. The summed E-state index contributed by atoms with van der Waals surface area (Å²) in [6, 6.07) is 146. The summed E-state index contributed by atoms with van der Waals surface area (Å²) in [5, 5.41) is 17.6. The lowest BCUT2D eigenvalue weighted by Gasteiger charge is -2.20. The van der Waals surface area contributed by atoms with Gasteiger partial charge in [-0.15, -0.1) is 34.0 Å². The molecular weight excluding hydrogens is 1450 g/mol. The summed E-state index contributed by atoms with van der Waals surface area (Å²) in [6.07, 6.45) is 0. The number of aromatic nitrogens is 4. The normalized spacial score (nSPS) is 12.2. The molecule has 115 heavy (non-hydrogen) atoms. The molecule has 0 spiro atoms. The van der Waals surface area contributed by atoms with Crippen molar-refractivity contribution in [3.8, 4) is 89.5 Å². The Balaban J connectivity index is 0.651. The summed E-state index contributed by atoms with van der Waals surface area (Å²) in [4.78, 5) is 0. The van der Waals surface area contributed by atoms with E-state index in [2.05, 4.69) is 407 Å². The van der Waals surface area contributed by atoms with Gasteiger partial charge in [-0.25, -0.2) is 0 Å². The Labute approximate surface area is 672 Å². The second-order valence-electron chi connectivity index (χ2n) is 30.6. The second-order valence-corrected chi connectivity index (χ2v) is 33.8. The van der Waals surface area contributed by atoms with Gasteiger partial charge in [-0.3, -0.25) is 0 Å². The maximum atomic E-state index is 2.50. The minimum absolute atomic E-state index is 1.09. The lowest BCUT2D eigenvalue weighted by atomic mass is 9.87. The first-order valence-electron chi connectivity index (χ1n) is 39.3. The van der Waals surface area contributed by atoms with Crippen molar-refractivity contribution in [2.45, 2.75) is 0 Å². The van der Waals surface area contributed by atoms with Crippen LogP contribution in [-0.2, 0) is 0 Å². The van der Waals surface area contributed by atoms with E-state index < -0.39 is 0 Å². The Hall–Kier alpha value is -14.2. The Bertz CT molecular complexity index is 8340. The fourth-order valence-corrected chi connectivity index (χ4v) is 22.6. The monoisotopic (exact) mass is 1510 g/mol. The fourth-order valence-electron chi connectivity index (χ4n) is 19.2. The van der Waals surface area contributed by atoms with E-state index in [0.29, 0.717) is 0 Å². The van der Waals surface area contributed by atoms with Crippen LogP contribution in [0.1, 0.15) is 0 Å². The zero-order chi connectivity index (χ0) is 75.1. The molecule has 534 valence electrons. The standard InChI is InChI=1S/C108H64N4S3/c1-9-34-95-79(24-1)80-25-2-10-35-96(80)109(95)72-45-49-78(89(61-72)71-23-18-21-69(57-71)76-32-19-33-87-85-30-7-16-41-104(85)115-108(76)87)77-50-46-73(62-88(77)70-22-17-20-65(56-70)68-44-53-105-92(60-68)86-31-8-15-40-103(86)113-105)111-99-38-13-5-28-83(99)90-58-66(42-51-101(90)111)67-43-52-102-91(59-67)84-29-6-14-39-100(84)112(102)75-48-55-107-94(64-75)93-63-74(47-54-106(93)114-107)110-97-36-11-3-26-81(97)82-27-4-12-37-98(82)110/h1-64H. The van der Waals surface area contributed by atoms with Gasteiger partial charge in [-0.2, -0.15) is 0 Å². The smallest absolute Gasteiger partial charge is 0.0541 e. The van der Waals surface area contributed by atoms with Crippen LogP contribution >= 0.6 is 34.0 Å². The van der Waals surface area contributed by atoms with Crippen LogP contribution in [0.2, 0.25) is 0 Å². The predicted octanol–water partition coefficient (Wildman–Crippen LogP) is 31.2. The van der Waals surface area contributed by atoms with Crippen molar-refractivity contribution in [1.29, 1.82) is 0 Å². The van der Waals surface area contributed by atoms with Gasteiger partial charge < -0.3 is 18.3 Å². The Morgan fingerprint density at radius 3 is 0.887 bits per heavy atom. The van der Waals surface area contributed by atoms with E-state index in [4.69, 9.17) is 0 Å². The summed E-state index contributed by atoms with van der Waals surface area (Å²) in [5.74, 6) is 0. The number of para-hydroxylation sites is 6. The van der Waals surface area contributed by atoms with Crippen molar-refractivity contribution in [3.63, 3.8) is 0 Å². The Kier molecular flexibility index (Phi) is 14.1. The lowest BCUT2D eigenvalue weighted by Crippen LogP contribution is -1.99. The van der Waals surface area contributed by atoms with E-state index in [1.807, 2.05) is 34.0 Å². The van der Waals surface area contributed by atoms with Crippen molar-refractivity contribution < 1.29 is 0 Å². The third kappa shape index (κ3) is 9.89. The number of benzene rings is 18. The zero-order valence-electron chi connectivity index (χ0n) is 62.0. The van der Waals surface area contributed by atoms with Crippen LogP contribution < -0.4 is 0 Å². The summed E-state index contributed by atoms with van der Waals surface area (Å²) in [5.41, 5.74) is 27.9. The highest BCUT2D eigenvalue weighted by Gasteiger charge is 2.24. The number of rotatable bonds is 10. The van der Waals surface area contributed by atoms with Crippen molar-refractivity contribution in [1.82, 2.24) is 18.3 Å². The largest absolute Gasteiger partial charge is 0.309 e. The first-order valence-corrected chi connectivity index (χ1v) is 41.8. The highest BCUT2D eigenvalue weighted by atomic mass is 32.1. The quantitative estimate of drug-likeness (QED) is 0.130.